The van der Waals surface area contributed by atoms with E-state index in [9.17, 15) is 15.2 Å². The molecule has 5 heteroatoms. The summed E-state index contributed by atoms with van der Waals surface area (Å²) in [5.41, 5.74) is 1.62. The quantitative estimate of drug-likeness (QED) is 0.632. The first-order chi connectivity index (χ1) is 11.0. The van der Waals surface area contributed by atoms with Gasteiger partial charge in [-0.2, -0.15) is 5.26 Å². The van der Waals surface area contributed by atoms with Crippen LogP contribution in [0.3, 0.4) is 0 Å². The van der Waals surface area contributed by atoms with Crippen molar-refractivity contribution in [2.45, 2.75) is 13.0 Å². The summed E-state index contributed by atoms with van der Waals surface area (Å²) >= 11 is 3.20. The number of hydrogen-bond donors (Lipinski definition) is 2. The van der Waals surface area contributed by atoms with Crippen molar-refractivity contribution in [3.05, 3.63) is 69.7 Å². The Kier molecular flexibility index (Phi) is 5.56. The van der Waals surface area contributed by atoms with E-state index < -0.39 is 5.91 Å². The minimum atomic E-state index is -0.437. The Morgan fingerprint density at radius 1 is 1.30 bits per heavy atom. The number of phenolic OH excluding ortho intramolecular Hbond substituents is 1. The summed E-state index contributed by atoms with van der Waals surface area (Å²) < 4.78 is 0.501. The highest BCUT2D eigenvalue weighted by Gasteiger charge is 2.13. The Hall–Kier alpha value is -2.58. The molecule has 0 radical (unpaired) electrons. The maximum atomic E-state index is 12.3. The van der Waals surface area contributed by atoms with Crippen LogP contribution in [-0.4, -0.2) is 11.0 Å². The van der Waals surface area contributed by atoms with Gasteiger partial charge in [0.15, 0.2) is 0 Å². The van der Waals surface area contributed by atoms with Gasteiger partial charge in [0.25, 0.3) is 5.91 Å². The van der Waals surface area contributed by atoms with Crippen molar-refractivity contribution in [1.29, 1.82) is 5.26 Å². The number of benzene rings is 2. The van der Waals surface area contributed by atoms with Crippen LogP contribution in [0.1, 0.15) is 24.1 Å². The first-order valence-corrected chi connectivity index (χ1v) is 7.76. The van der Waals surface area contributed by atoms with Gasteiger partial charge in [0, 0.05) is 0 Å². The Morgan fingerprint density at radius 3 is 2.61 bits per heavy atom. The lowest BCUT2D eigenvalue weighted by Crippen LogP contribution is -2.27. The molecule has 0 bridgehead atoms. The molecule has 0 aromatic heterocycles. The molecule has 1 amide bonds. The van der Waals surface area contributed by atoms with E-state index in [1.54, 1.807) is 12.1 Å². The molecule has 2 aromatic rings. The van der Waals surface area contributed by atoms with E-state index in [1.807, 2.05) is 43.3 Å². The third-order valence-corrected chi connectivity index (χ3v) is 3.93. The molecule has 0 saturated heterocycles. The second-order valence-corrected chi connectivity index (χ2v) is 5.84. The lowest BCUT2D eigenvalue weighted by atomic mass is 10.1. The first-order valence-electron chi connectivity index (χ1n) is 6.97. The molecule has 0 fully saturated rings. The highest BCUT2D eigenvalue weighted by Crippen LogP contribution is 2.25. The lowest BCUT2D eigenvalue weighted by Gasteiger charge is -2.13. The third kappa shape index (κ3) is 4.44. The molecule has 0 aliphatic carbocycles. The van der Waals surface area contributed by atoms with E-state index in [2.05, 4.69) is 21.2 Å². The number of halogens is 1. The van der Waals surface area contributed by atoms with Crippen LogP contribution < -0.4 is 5.32 Å². The van der Waals surface area contributed by atoms with Crippen LogP contribution in [0.25, 0.3) is 6.08 Å². The predicted molar refractivity (Wildman–Crippen MR) is 92.4 cm³/mol. The molecule has 2 N–H and O–H groups in total. The normalized spacial score (nSPS) is 12.3. The summed E-state index contributed by atoms with van der Waals surface area (Å²) in [7, 11) is 0. The number of carbonyl (C=O) groups is 1. The zero-order valence-corrected chi connectivity index (χ0v) is 14.0. The standard InChI is InChI=1S/C18H15BrN2O2/c1-12(14-5-3-2-4-6-14)21-18(23)15(11-20)9-13-7-8-17(22)16(19)10-13/h2-10,12,22H,1H3,(H,21,23)/b15-9+. The molecule has 1 unspecified atom stereocenters. The van der Waals surface area contributed by atoms with Crippen molar-refractivity contribution in [1.82, 2.24) is 5.32 Å². The minimum absolute atomic E-state index is 0.00497. The highest BCUT2D eigenvalue weighted by molar-refractivity contribution is 9.10. The Morgan fingerprint density at radius 2 is 2.00 bits per heavy atom. The van der Waals surface area contributed by atoms with Gasteiger partial charge >= 0.3 is 0 Å². The smallest absolute Gasteiger partial charge is 0.262 e. The number of aromatic hydroxyl groups is 1. The fourth-order valence-corrected chi connectivity index (χ4v) is 2.42. The highest BCUT2D eigenvalue weighted by atomic mass is 79.9. The SMILES string of the molecule is CC(NC(=O)/C(C#N)=C/c1ccc(O)c(Br)c1)c1ccccc1. The summed E-state index contributed by atoms with van der Waals surface area (Å²) in [6, 6.07) is 16.0. The van der Waals surface area contributed by atoms with Crippen molar-refractivity contribution in [2.24, 2.45) is 0 Å². The predicted octanol–water partition coefficient (Wildman–Crippen LogP) is 3.94. The van der Waals surface area contributed by atoms with Crippen LogP contribution >= 0.6 is 15.9 Å². The monoisotopic (exact) mass is 370 g/mol. The summed E-state index contributed by atoms with van der Waals surface area (Å²) in [6.45, 7) is 1.86. The van der Waals surface area contributed by atoms with E-state index in [0.29, 0.717) is 10.0 Å². The molecule has 2 aromatic carbocycles. The van der Waals surface area contributed by atoms with E-state index in [4.69, 9.17) is 0 Å². The zero-order chi connectivity index (χ0) is 16.8. The second-order valence-electron chi connectivity index (χ2n) is 4.99. The summed E-state index contributed by atoms with van der Waals surface area (Å²) in [4.78, 5) is 12.3. The van der Waals surface area contributed by atoms with Crippen LogP contribution in [0.5, 0.6) is 5.75 Å². The Bertz CT molecular complexity index is 779. The van der Waals surface area contributed by atoms with Crippen molar-refractivity contribution >= 4 is 27.9 Å². The molecule has 4 nitrogen and oxygen atoms in total. The average molecular weight is 371 g/mol. The molecule has 0 aliphatic heterocycles. The molecule has 0 aliphatic rings. The minimum Gasteiger partial charge on any atom is -0.507 e. The van der Waals surface area contributed by atoms with Crippen LogP contribution in [0.15, 0.2) is 58.6 Å². The fourth-order valence-electron chi connectivity index (χ4n) is 2.03. The van der Waals surface area contributed by atoms with Gasteiger partial charge < -0.3 is 10.4 Å². The molecular weight excluding hydrogens is 356 g/mol. The molecule has 116 valence electrons. The van der Waals surface area contributed by atoms with Crippen molar-refractivity contribution in [2.75, 3.05) is 0 Å². The van der Waals surface area contributed by atoms with Gasteiger partial charge in [0.05, 0.1) is 10.5 Å². The van der Waals surface area contributed by atoms with Crippen LogP contribution in [0.2, 0.25) is 0 Å². The number of nitrogens with zero attached hydrogens (tertiary/aromatic N) is 1. The number of hydrogen-bond acceptors (Lipinski definition) is 3. The zero-order valence-electron chi connectivity index (χ0n) is 12.5. The number of amides is 1. The van der Waals surface area contributed by atoms with Crippen molar-refractivity contribution in [3.63, 3.8) is 0 Å². The molecular formula is C18H15BrN2O2. The third-order valence-electron chi connectivity index (χ3n) is 3.29. The maximum Gasteiger partial charge on any atom is 0.262 e. The topological polar surface area (TPSA) is 73.1 Å². The van der Waals surface area contributed by atoms with Crippen LogP contribution in [-0.2, 0) is 4.79 Å². The fraction of sp³-hybridized carbons (Fsp3) is 0.111. The molecule has 23 heavy (non-hydrogen) atoms. The molecule has 0 heterocycles. The van der Waals surface area contributed by atoms with Gasteiger partial charge in [-0.3, -0.25) is 4.79 Å². The maximum absolute atomic E-state index is 12.3. The summed E-state index contributed by atoms with van der Waals surface area (Å²) in [5.74, 6) is -0.337. The van der Waals surface area contributed by atoms with Crippen molar-refractivity contribution < 1.29 is 9.90 Å². The first kappa shape index (κ1) is 16.8. The van der Waals surface area contributed by atoms with Gasteiger partial charge in [-0.1, -0.05) is 36.4 Å². The van der Waals surface area contributed by atoms with E-state index >= 15 is 0 Å². The number of nitrogens with one attached hydrogen (secondary N) is 1. The molecule has 0 spiro atoms. The molecule has 0 saturated carbocycles. The van der Waals surface area contributed by atoms with Gasteiger partial charge in [-0.05, 0) is 52.2 Å². The summed E-state index contributed by atoms with van der Waals surface area (Å²) in [5, 5.41) is 21.5. The largest absolute Gasteiger partial charge is 0.507 e. The van der Waals surface area contributed by atoms with Crippen LogP contribution in [0, 0.1) is 11.3 Å². The van der Waals surface area contributed by atoms with E-state index in [-0.39, 0.29) is 17.4 Å². The van der Waals surface area contributed by atoms with Gasteiger partial charge in [-0.25, -0.2) is 0 Å². The van der Waals surface area contributed by atoms with Crippen LogP contribution in [0.4, 0.5) is 0 Å². The summed E-state index contributed by atoms with van der Waals surface area (Å²) in [6.07, 6.45) is 1.48. The van der Waals surface area contributed by atoms with E-state index in [0.717, 1.165) is 5.56 Å². The second kappa shape index (κ2) is 7.61. The lowest BCUT2D eigenvalue weighted by molar-refractivity contribution is -0.117. The average Bonchev–Trinajstić information content (AvgIpc) is 2.56. The molecule has 1 atom stereocenters. The Labute approximate surface area is 143 Å². The van der Waals surface area contributed by atoms with E-state index in [1.165, 1.54) is 12.1 Å². The van der Waals surface area contributed by atoms with Gasteiger partial charge in [-0.15, -0.1) is 0 Å². The number of rotatable bonds is 4. The van der Waals surface area contributed by atoms with Gasteiger partial charge in [0.2, 0.25) is 0 Å². The number of phenols is 1. The Balaban J connectivity index is 2.17. The number of nitriles is 1. The molecule has 2 rings (SSSR count). The number of carbonyl (C=O) groups excluding carboxylic acids is 1. The van der Waals surface area contributed by atoms with Gasteiger partial charge in [0.1, 0.15) is 17.4 Å². The van der Waals surface area contributed by atoms with Crippen molar-refractivity contribution in [3.8, 4) is 11.8 Å².